The molecule has 1 fully saturated rings. The quantitative estimate of drug-likeness (QED) is 0.441. The van der Waals surface area contributed by atoms with Gasteiger partial charge in [0.05, 0.1) is 18.0 Å². The van der Waals surface area contributed by atoms with Gasteiger partial charge in [0.15, 0.2) is 0 Å². The molecule has 1 aliphatic heterocycles. The van der Waals surface area contributed by atoms with Crippen LogP contribution in [0.3, 0.4) is 0 Å². The maximum Gasteiger partial charge on any atom is 0.261 e. The Bertz CT molecular complexity index is 1320. The Morgan fingerprint density at radius 1 is 1.06 bits per heavy atom. The van der Waals surface area contributed by atoms with Crippen molar-refractivity contribution in [3.8, 4) is 5.75 Å². The number of hydrogen-bond acceptors (Lipinski definition) is 5. The number of sulfonamides is 1. The number of nitrogens with zero attached hydrogens (tertiary/aromatic N) is 1. The van der Waals surface area contributed by atoms with Crippen LogP contribution in [0.2, 0.25) is 0 Å². The topological polar surface area (TPSA) is 87.7 Å². The van der Waals surface area contributed by atoms with Crippen molar-refractivity contribution in [3.63, 3.8) is 0 Å². The van der Waals surface area contributed by atoms with Crippen molar-refractivity contribution in [2.75, 3.05) is 31.5 Å². The summed E-state index contributed by atoms with van der Waals surface area (Å²) >= 11 is 0. The molecule has 1 amide bonds. The van der Waals surface area contributed by atoms with Crippen LogP contribution in [0, 0.1) is 12.7 Å². The summed E-state index contributed by atoms with van der Waals surface area (Å²) in [5.41, 5.74) is 1.99. The lowest BCUT2D eigenvalue weighted by Gasteiger charge is -2.29. The Hall–Kier alpha value is -3.43. The highest BCUT2D eigenvalue weighted by Gasteiger charge is 2.26. The molecule has 3 aromatic carbocycles. The van der Waals surface area contributed by atoms with E-state index in [1.54, 1.807) is 19.2 Å². The first-order valence-corrected chi connectivity index (χ1v) is 13.3. The van der Waals surface area contributed by atoms with Gasteiger partial charge in [0.25, 0.3) is 15.9 Å². The zero-order chi connectivity index (χ0) is 25.7. The second kappa shape index (κ2) is 11.1. The Balaban J connectivity index is 1.43. The maximum atomic E-state index is 13.5. The number of aryl methyl sites for hydroxylation is 1. The molecule has 7 nitrogen and oxygen atoms in total. The monoisotopic (exact) mass is 511 g/mol. The second-order valence-corrected chi connectivity index (χ2v) is 10.5. The van der Waals surface area contributed by atoms with Gasteiger partial charge in [-0.15, -0.1) is 0 Å². The van der Waals surface area contributed by atoms with E-state index in [2.05, 4.69) is 14.9 Å². The molecule has 1 aliphatic rings. The highest BCUT2D eigenvalue weighted by atomic mass is 32.2. The molecular weight excluding hydrogens is 481 g/mol. The predicted octanol–water partition coefficient (Wildman–Crippen LogP) is 4.51. The average Bonchev–Trinajstić information content (AvgIpc) is 3.41. The van der Waals surface area contributed by atoms with Crippen LogP contribution in [0.4, 0.5) is 10.1 Å². The predicted molar refractivity (Wildman–Crippen MR) is 137 cm³/mol. The van der Waals surface area contributed by atoms with E-state index < -0.39 is 15.8 Å². The summed E-state index contributed by atoms with van der Waals surface area (Å²) in [6.07, 6.45) is 2.24. The molecule has 0 unspecified atom stereocenters. The van der Waals surface area contributed by atoms with Crippen LogP contribution >= 0.6 is 0 Å². The van der Waals surface area contributed by atoms with Crippen LogP contribution in [0.15, 0.2) is 71.6 Å². The van der Waals surface area contributed by atoms with E-state index in [4.69, 9.17) is 4.74 Å². The molecule has 9 heteroatoms. The van der Waals surface area contributed by atoms with Crippen molar-refractivity contribution in [2.24, 2.45) is 0 Å². The molecule has 190 valence electrons. The molecule has 0 aliphatic carbocycles. The molecule has 0 saturated carbocycles. The van der Waals surface area contributed by atoms with Gasteiger partial charge in [-0.25, -0.2) is 12.8 Å². The summed E-state index contributed by atoms with van der Waals surface area (Å²) in [5.74, 6) is 0.0660. The fourth-order valence-electron chi connectivity index (χ4n) is 4.41. The molecule has 2 N–H and O–H groups in total. The molecule has 0 bridgehead atoms. The van der Waals surface area contributed by atoms with E-state index in [1.807, 2.05) is 24.3 Å². The van der Waals surface area contributed by atoms with Crippen LogP contribution < -0.4 is 14.8 Å². The molecule has 1 atom stereocenters. The number of likely N-dealkylation sites (tertiary alicyclic amines) is 1. The third-order valence-electron chi connectivity index (χ3n) is 6.37. The fraction of sp³-hybridized carbons (Fsp3) is 0.296. The highest BCUT2D eigenvalue weighted by molar-refractivity contribution is 7.92. The second-order valence-electron chi connectivity index (χ2n) is 8.80. The largest absolute Gasteiger partial charge is 0.496 e. The first-order chi connectivity index (χ1) is 17.3. The van der Waals surface area contributed by atoms with Crippen molar-refractivity contribution in [2.45, 2.75) is 30.7 Å². The molecule has 36 heavy (non-hydrogen) atoms. The maximum absolute atomic E-state index is 13.5. The average molecular weight is 512 g/mol. The minimum absolute atomic E-state index is 0.0159. The number of carbonyl (C=O) groups excluding carboxylic acids is 1. The summed E-state index contributed by atoms with van der Waals surface area (Å²) in [6, 6.07) is 17.6. The molecule has 3 aromatic rings. The molecule has 0 radical (unpaired) electrons. The minimum Gasteiger partial charge on any atom is -0.496 e. The number of para-hydroxylation sites is 1. The molecule has 0 spiro atoms. The number of benzene rings is 3. The zero-order valence-corrected chi connectivity index (χ0v) is 21.1. The third kappa shape index (κ3) is 5.85. The number of nitrogens with one attached hydrogen (secondary N) is 2. The molecule has 1 saturated heterocycles. The molecule has 1 heterocycles. The van der Waals surface area contributed by atoms with Gasteiger partial charge in [-0.2, -0.15) is 0 Å². The fourth-order valence-corrected chi connectivity index (χ4v) is 5.55. The van der Waals surface area contributed by atoms with Gasteiger partial charge >= 0.3 is 0 Å². The number of amides is 1. The van der Waals surface area contributed by atoms with E-state index in [1.165, 1.54) is 31.2 Å². The van der Waals surface area contributed by atoms with Crippen LogP contribution in [-0.2, 0) is 10.0 Å². The standard InChI is InChI=1S/C27H30FN3O4S/c1-19-17-22(13-14-24(19)28)36(33,34)30-21-11-9-20(10-12-21)27(32)29-18-25(31-15-5-6-16-31)23-7-3-4-8-26(23)35-2/h3-4,7-14,17,25,30H,5-6,15-16,18H2,1-2H3,(H,29,32)/t25-/m0/s1. The highest BCUT2D eigenvalue weighted by Crippen LogP contribution is 2.31. The van der Waals surface area contributed by atoms with Crippen molar-refractivity contribution in [1.82, 2.24) is 10.2 Å². The van der Waals surface area contributed by atoms with Crippen LogP contribution in [0.5, 0.6) is 5.75 Å². The molecule has 4 rings (SSSR count). The van der Waals surface area contributed by atoms with Crippen molar-refractivity contribution >= 4 is 21.6 Å². The molecular formula is C27H30FN3O4S. The van der Waals surface area contributed by atoms with Gasteiger partial charge in [0.1, 0.15) is 11.6 Å². The molecule has 0 aromatic heterocycles. The smallest absolute Gasteiger partial charge is 0.261 e. The summed E-state index contributed by atoms with van der Waals surface area (Å²) in [5, 5.41) is 3.02. The van der Waals surface area contributed by atoms with Gasteiger partial charge < -0.3 is 10.1 Å². The Morgan fingerprint density at radius 2 is 1.75 bits per heavy atom. The van der Waals surface area contributed by atoms with Crippen LogP contribution in [0.1, 0.15) is 40.4 Å². The van der Waals surface area contributed by atoms with Crippen LogP contribution in [0.25, 0.3) is 0 Å². The summed E-state index contributed by atoms with van der Waals surface area (Å²) in [6.45, 7) is 3.84. The van der Waals surface area contributed by atoms with Gasteiger partial charge in [-0.3, -0.25) is 14.4 Å². The van der Waals surface area contributed by atoms with E-state index in [0.717, 1.165) is 43.3 Å². The van der Waals surface area contributed by atoms with Gasteiger partial charge in [-0.05, 0) is 86.9 Å². The van der Waals surface area contributed by atoms with Gasteiger partial charge in [-0.1, -0.05) is 18.2 Å². The van der Waals surface area contributed by atoms with Gasteiger partial charge in [0.2, 0.25) is 0 Å². The van der Waals surface area contributed by atoms with Crippen molar-refractivity contribution in [3.05, 3.63) is 89.2 Å². The van der Waals surface area contributed by atoms with E-state index in [9.17, 15) is 17.6 Å². The lowest BCUT2D eigenvalue weighted by atomic mass is 10.0. The number of halogens is 1. The Labute approximate surface area is 211 Å². The Morgan fingerprint density at radius 3 is 2.42 bits per heavy atom. The SMILES string of the molecule is COc1ccccc1[C@H](CNC(=O)c1ccc(NS(=O)(=O)c2ccc(F)c(C)c2)cc1)N1CCCC1. The summed E-state index contributed by atoms with van der Waals surface area (Å²) in [7, 11) is -2.24. The summed E-state index contributed by atoms with van der Waals surface area (Å²) in [4.78, 5) is 15.2. The third-order valence-corrected chi connectivity index (χ3v) is 7.75. The minimum atomic E-state index is -3.89. The number of ether oxygens (including phenoxy) is 1. The van der Waals surface area contributed by atoms with E-state index in [-0.39, 0.29) is 22.4 Å². The van der Waals surface area contributed by atoms with Crippen molar-refractivity contribution < 1.29 is 22.3 Å². The number of carbonyl (C=O) groups is 1. The van der Waals surface area contributed by atoms with E-state index in [0.29, 0.717) is 17.8 Å². The summed E-state index contributed by atoms with van der Waals surface area (Å²) < 4.78 is 46.8. The first kappa shape index (κ1) is 25.7. The number of methoxy groups -OCH3 is 1. The Kier molecular flexibility index (Phi) is 7.91. The lowest BCUT2D eigenvalue weighted by Crippen LogP contribution is -2.37. The number of anilines is 1. The first-order valence-electron chi connectivity index (χ1n) is 11.8. The van der Waals surface area contributed by atoms with E-state index >= 15 is 0 Å². The zero-order valence-electron chi connectivity index (χ0n) is 20.3. The number of hydrogen-bond donors (Lipinski definition) is 2. The van der Waals surface area contributed by atoms with Gasteiger partial charge in [0, 0.05) is 23.4 Å². The van der Waals surface area contributed by atoms with Crippen molar-refractivity contribution in [1.29, 1.82) is 0 Å². The lowest BCUT2D eigenvalue weighted by molar-refractivity contribution is 0.0937. The normalized spacial score (nSPS) is 14.9. The number of rotatable bonds is 9. The van der Waals surface area contributed by atoms with Crippen LogP contribution in [-0.4, -0.2) is 46.0 Å².